The Hall–Kier alpha value is -0.580. The molecule has 0 aromatic heterocycles. The monoisotopic (exact) mass is 357 g/mol. The summed E-state index contributed by atoms with van der Waals surface area (Å²) in [5, 5.41) is 13.3. The molecule has 0 bridgehead atoms. The molecule has 0 unspecified atom stereocenters. The van der Waals surface area contributed by atoms with Gasteiger partial charge in [-0.1, -0.05) is 15.9 Å². The van der Waals surface area contributed by atoms with E-state index in [4.69, 9.17) is 4.74 Å². The third-order valence-corrected chi connectivity index (χ3v) is 3.54. The number of benzene rings is 1. The molecule has 3 nitrogen and oxygen atoms in total. The summed E-state index contributed by atoms with van der Waals surface area (Å²) in [4.78, 5) is 0. The molecule has 4 heteroatoms. The van der Waals surface area contributed by atoms with Crippen molar-refractivity contribution in [2.75, 3.05) is 6.61 Å². The topological polar surface area (TPSA) is 41.5 Å². The fourth-order valence-corrected chi connectivity index (χ4v) is 2.52. The minimum atomic E-state index is -0.701. The van der Waals surface area contributed by atoms with E-state index in [2.05, 4.69) is 54.2 Å². The SMILES string of the molecule is Cc1cc(Br)cc(CNC(C)(C)C)c1OCCC(C)(C)O. The quantitative estimate of drug-likeness (QED) is 0.801. The molecular formula is C17H28BrNO2. The van der Waals surface area contributed by atoms with E-state index in [0.29, 0.717) is 13.0 Å². The molecule has 0 aliphatic heterocycles. The van der Waals surface area contributed by atoms with E-state index in [0.717, 1.165) is 27.9 Å². The van der Waals surface area contributed by atoms with Crippen LogP contribution >= 0.6 is 15.9 Å². The Balaban J connectivity index is 2.85. The van der Waals surface area contributed by atoms with Gasteiger partial charge in [-0.3, -0.25) is 0 Å². The summed E-state index contributed by atoms with van der Waals surface area (Å²) in [6, 6.07) is 4.14. The maximum Gasteiger partial charge on any atom is 0.126 e. The minimum Gasteiger partial charge on any atom is -0.493 e. The Labute approximate surface area is 137 Å². The molecule has 0 fully saturated rings. The number of aliphatic hydroxyl groups is 1. The van der Waals surface area contributed by atoms with Crippen molar-refractivity contribution < 1.29 is 9.84 Å². The Morgan fingerprint density at radius 2 is 1.81 bits per heavy atom. The minimum absolute atomic E-state index is 0.0561. The molecule has 120 valence electrons. The highest BCUT2D eigenvalue weighted by molar-refractivity contribution is 9.10. The van der Waals surface area contributed by atoms with Gasteiger partial charge in [-0.25, -0.2) is 0 Å². The summed E-state index contributed by atoms with van der Waals surface area (Å²) in [6.45, 7) is 13.3. The lowest BCUT2D eigenvalue weighted by atomic mass is 10.1. The molecule has 0 spiro atoms. The van der Waals surface area contributed by atoms with E-state index >= 15 is 0 Å². The lowest BCUT2D eigenvalue weighted by molar-refractivity contribution is 0.0550. The van der Waals surface area contributed by atoms with Crippen LogP contribution in [0.25, 0.3) is 0 Å². The number of halogens is 1. The Bertz CT molecular complexity index is 473. The van der Waals surface area contributed by atoms with Gasteiger partial charge in [-0.2, -0.15) is 0 Å². The number of rotatable bonds is 6. The van der Waals surface area contributed by atoms with Crippen LogP contribution in [0.4, 0.5) is 0 Å². The van der Waals surface area contributed by atoms with Gasteiger partial charge >= 0.3 is 0 Å². The highest BCUT2D eigenvalue weighted by Crippen LogP contribution is 2.29. The predicted octanol–water partition coefficient (Wildman–Crippen LogP) is 4.19. The van der Waals surface area contributed by atoms with Crippen molar-refractivity contribution in [1.29, 1.82) is 0 Å². The molecule has 0 radical (unpaired) electrons. The molecular weight excluding hydrogens is 330 g/mol. The summed E-state index contributed by atoms with van der Waals surface area (Å²) in [6.07, 6.45) is 0.606. The molecule has 1 rings (SSSR count). The van der Waals surface area contributed by atoms with Crippen LogP contribution in [0.1, 0.15) is 52.2 Å². The Morgan fingerprint density at radius 1 is 1.19 bits per heavy atom. The summed E-state index contributed by atoms with van der Waals surface area (Å²) in [5.74, 6) is 0.916. The van der Waals surface area contributed by atoms with E-state index in [1.54, 1.807) is 13.8 Å². The summed E-state index contributed by atoms with van der Waals surface area (Å²) >= 11 is 3.54. The zero-order chi connectivity index (χ0) is 16.3. The fourth-order valence-electron chi connectivity index (χ4n) is 1.90. The summed E-state index contributed by atoms with van der Waals surface area (Å²) < 4.78 is 7.00. The lowest BCUT2D eigenvalue weighted by Gasteiger charge is -2.23. The van der Waals surface area contributed by atoms with Crippen molar-refractivity contribution in [3.63, 3.8) is 0 Å². The molecule has 1 aromatic carbocycles. The predicted molar refractivity (Wildman–Crippen MR) is 91.9 cm³/mol. The van der Waals surface area contributed by atoms with Crippen LogP contribution in [0.15, 0.2) is 16.6 Å². The first kappa shape index (κ1) is 18.5. The van der Waals surface area contributed by atoms with Crippen molar-refractivity contribution in [3.8, 4) is 5.75 Å². The normalized spacial score (nSPS) is 12.6. The first-order valence-electron chi connectivity index (χ1n) is 7.37. The van der Waals surface area contributed by atoms with Crippen molar-refractivity contribution in [3.05, 3.63) is 27.7 Å². The van der Waals surface area contributed by atoms with Crippen LogP contribution in [-0.4, -0.2) is 22.9 Å². The van der Waals surface area contributed by atoms with Crippen LogP contribution < -0.4 is 10.1 Å². The van der Waals surface area contributed by atoms with Gasteiger partial charge in [0, 0.05) is 28.5 Å². The van der Waals surface area contributed by atoms with Crippen molar-refractivity contribution in [1.82, 2.24) is 5.32 Å². The second kappa shape index (κ2) is 7.12. The lowest BCUT2D eigenvalue weighted by Crippen LogP contribution is -2.35. The third-order valence-electron chi connectivity index (χ3n) is 3.09. The molecule has 0 atom stereocenters. The van der Waals surface area contributed by atoms with Gasteiger partial charge in [0.1, 0.15) is 5.75 Å². The molecule has 2 N–H and O–H groups in total. The van der Waals surface area contributed by atoms with Crippen LogP contribution in [0.2, 0.25) is 0 Å². The second-order valence-electron chi connectivity index (χ2n) is 7.23. The first-order valence-corrected chi connectivity index (χ1v) is 8.16. The van der Waals surface area contributed by atoms with E-state index in [9.17, 15) is 5.11 Å². The number of hydrogen-bond donors (Lipinski definition) is 2. The van der Waals surface area contributed by atoms with Crippen molar-refractivity contribution in [2.45, 2.75) is 65.6 Å². The van der Waals surface area contributed by atoms with Gasteiger partial charge in [0.25, 0.3) is 0 Å². The zero-order valence-corrected chi connectivity index (χ0v) is 15.6. The maximum atomic E-state index is 9.79. The number of aryl methyl sites for hydroxylation is 1. The third kappa shape index (κ3) is 7.30. The maximum absolute atomic E-state index is 9.79. The van der Waals surface area contributed by atoms with Crippen molar-refractivity contribution >= 4 is 15.9 Å². The first-order chi connectivity index (χ1) is 9.48. The van der Waals surface area contributed by atoms with Gasteiger partial charge in [0.15, 0.2) is 0 Å². The fraction of sp³-hybridized carbons (Fsp3) is 0.647. The highest BCUT2D eigenvalue weighted by Gasteiger charge is 2.16. The standard InChI is InChI=1S/C17H28BrNO2/c1-12-9-14(18)10-13(11-19-16(2,3)4)15(12)21-8-7-17(5,6)20/h9-10,19-20H,7-8,11H2,1-6H3. The Morgan fingerprint density at radius 3 is 2.33 bits per heavy atom. The van der Waals surface area contributed by atoms with E-state index in [-0.39, 0.29) is 5.54 Å². The summed E-state index contributed by atoms with van der Waals surface area (Å²) in [5.41, 5.74) is 1.59. The number of hydrogen-bond acceptors (Lipinski definition) is 3. The van der Waals surface area contributed by atoms with Crippen LogP contribution in [-0.2, 0) is 6.54 Å². The Kier molecular flexibility index (Phi) is 6.26. The van der Waals surface area contributed by atoms with Crippen molar-refractivity contribution in [2.24, 2.45) is 0 Å². The van der Waals surface area contributed by atoms with Crippen LogP contribution in [0.5, 0.6) is 5.75 Å². The molecule has 1 aromatic rings. The van der Waals surface area contributed by atoms with Crippen LogP contribution in [0.3, 0.4) is 0 Å². The smallest absolute Gasteiger partial charge is 0.126 e. The molecule has 0 saturated carbocycles. The number of ether oxygens (including phenoxy) is 1. The highest BCUT2D eigenvalue weighted by atomic mass is 79.9. The van der Waals surface area contributed by atoms with E-state index < -0.39 is 5.60 Å². The largest absolute Gasteiger partial charge is 0.493 e. The van der Waals surface area contributed by atoms with Gasteiger partial charge in [-0.15, -0.1) is 0 Å². The molecule has 0 amide bonds. The van der Waals surface area contributed by atoms with Gasteiger partial charge in [-0.05, 0) is 59.2 Å². The van der Waals surface area contributed by atoms with Gasteiger partial charge < -0.3 is 15.2 Å². The molecule has 0 aliphatic rings. The molecule has 0 saturated heterocycles. The van der Waals surface area contributed by atoms with E-state index in [1.807, 2.05) is 6.92 Å². The zero-order valence-electron chi connectivity index (χ0n) is 14.0. The van der Waals surface area contributed by atoms with Crippen LogP contribution in [0, 0.1) is 6.92 Å². The van der Waals surface area contributed by atoms with E-state index in [1.165, 1.54) is 0 Å². The average Bonchev–Trinajstić information content (AvgIpc) is 2.26. The second-order valence-corrected chi connectivity index (χ2v) is 8.14. The molecule has 0 heterocycles. The summed E-state index contributed by atoms with van der Waals surface area (Å²) in [7, 11) is 0. The average molecular weight is 358 g/mol. The molecule has 21 heavy (non-hydrogen) atoms. The number of nitrogens with one attached hydrogen (secondary N) is 1. The van der Waals surface area contributed by atoms with Gasteiger partial charge in [0.05, 0.1) is 12.2 Å². The molecule has 0 aliphatic carbocycles. The van der Waals surface area contributed by atoms with Gasteiger partial charge in [0.2, 0.25) is 0 Å².